The predicted molar refractivity (Wildman–Crippen MR) is 44.5 cm³/mol. The quantitative estimate of drug-likeness (QED) is 0.427. The topological polar surface area (TPSA) is 21.8 Å². The number of ether oxygens (including phenoxy) is 2. The van der Waals surface area contributed by atoms with Crippen LogP contribution in [0.4, 0.5) is 0 Å². The Kier molecular flexibility index (Phi) is 3.33. The zero-order valence-electron chi connectivity index (χ0n) is 6.66. The first-order chi connectivity index (χ1) is 5.38. The maximum atomic E-state index is 5.44. The van der Waals surface area contributed by atoms with Crippen molar-refractivity contribution in [2.45, 2.75) is 18.6 Å². The smallest absolute Gasteiger partial charge is 0.107 e. The molecule has 1 aliphatic rings. The molecule has 0 spiro atoms. The van der Waals surface area contributed by atoms with Crippen LogP contribution in [-0.2, 0) is 9.47 Å². The third-order valence-corrected chi connectivity index (χ3v) is 1.60. The molecule has 2 nitrogen and oxygen atoms in total. The van der Waals surface area contributed by atoms with Crippen molar-refractivity contribution in [2.24, 2.45) is 0 Å². The fraction of sp³-hybridized carbons (Fsp3) is 0.556. The van der Waals surface area contributed by atoms with Gasteiger partial charge in [0.15, 0.2) is 0 Å². The zero-order chi connectivity index (χ0) is 8.10. The molecule has 0 aliphatic carbocycles. The van der Waals surface area contributed by atoms with Crippen LogP contribution >= 0.6 is 0 Å². The average Bonchev–Trinajstić information content (AvgIpc) is 2.80. The fourth-order valence-corrected chi connectivity index (χ4v) is 0.953. The van der Waals surface area contributed by atoms with Crippen LogP contribution in [0.2, 0.25) is 0 Å². The van der Waals surface area contributed by atoms with Gasteiger partial charge in [-0.05, 0) is 6.42 Å². The van der Waals surface area contributed by atoms with E-state index < -0.39 is 0 Å². The van der Waals surface area contributed by atoms with Crippen LogP contribution in [0.25, 0.3) is 0 Å². The Balaban J connectivity index is 2.19. The normalized spacial score (nSPS) is 24.2. The molecular weight excluding hydrogens is 140 g/mol. The second-order valence-electron chi connectivity index (χ2n) is 2.56. The first-order valence-corrected chi connectivity index (χ1v) is 3.83. The maximum absolute atomic E-state index is 5.44. The first kappa shape index (κ1) is 8.50. The molecule has 0 saturated carbocycles. The van der Waals surface area contributed by atoms with Crippen molar-refractivity contribution in [3.05, 3.63) is 25.3 Å². The molecule has 0 N–H and O–H groups in total. The highest BCUT2D eigenvalue weighted by Crippen LogP contribution is 2.19. The van der Waals surface area contributed by atoms with E-state index in [2.05, 4.69) is 13.2 Å². The van der Waals surface area contributed by atoms with Crippen molar-refractivity contribution < 1.29 is 9.47 Å². The SMILES string of the molecule is C=CCOC(CC=C)C1CO1. The molecule has 0 aromatic heterocycles. The Labute approximate surface area is 67.5 Å². The van der Waals surface area contributed by atoms with Crippen LogP contribution in [0.1, 0.15) is 6.42 Å². The Bertz CT molecular complexity index is 138. The van der Waals surface area contributed by atoms with Gasteiger partial charge in [-0.15, -0.1) is 13.2 Å². The molecule has 2 atom stereocenters. The monoisotopic (exact) mass is 154 g/mol. The van der Waals surface area contributed by atoms with Gasteiger partial charge in [-0.25, -0.2) is 0 Å². The van der Waals surface area contributed by atoms with E-state index in [0.29, 0.717) is 12.7 Å². The van der Waals surface area contributed by atoms with Crippen LogP contribution in [0.15, 0.2) is 25.3 Å². The van der Waals surface area contributed by atoms with Crippen molar-refractivity contribution in [1.82, 2.24) is 0 Å². The summed E-state index contributed by atoms with van der Waals surface area (Å²) in [5, 5.41) is 0. The van der Waals surface area contributed by atoms with Crippen LogP contribution in [0.5, 0.6) is 0 Å². The predicted octanol–water partition coefficient (Wildman–Crippen LogP) is 1.53. The Morgan fingerprint density at radius 1 is 1.55 bits per heavy atom. The highest BCUT2D eigenvalue weighted by Gasteiger charge is 2.32. The van der Waals surface area contributed by atoms with Gasteiger partial charge in [0, 0.05) is 0 Å². The summed E-state index contributed by atoms with van der Waals surface area (Å²) in [5.74, 6) is 0. The molecule has 0 aromatic carbocycles. The second-order valence-corrected chi connectivity index (χ2v) is 2.56. The molecule has 1 fully saturated rings. The minimum atomic E-state index is 0.186. The van der Waals surface area contributed by atoms with Gasteiger partial charge < -0.3 is 9.47 Å². The molecule has 1 saturated heterocycles. The van der Waals surface area contributed by atoms with E-state index in [4.69, 9.17) is 9.47 Å². The summed E-state index contributed by atoms with van der Waals surface area (Å²) in [6, 6.07) is 0. The van der Waals surface area contributed by atoms with Crippen LogP contribution in [0, 0.1) is 0 Å². The maximum Gasteiger partial charge on any atom is 0.107 e. The van der Waals surface area contributed by atoms with E-state index in [9.17, 15) is 0 Å². The van der Waals surface area contributed by atoms with E-state index in [0.717, 1.165) is 13.0 Å². The lowest BCUT2D eigenvalue weighted by Gasteiger charge is -2.11. The lowest BCUT2D eigenvalue weighted by Crippen LogP contribution is -2.18. The average molecular weight is 154 g/mol. The molecule has 0 radical (unpaired) electrons. The van der Waals surface area contributed by atoms with Crippen LogP contribution in [0.3, 0.4) is 0 Å². The summed E-state index contributed by atoms with van der Waals surface area (Å²) >= 11 is 0. The molecule has 1 rings (SSSR count). The van der Waals surface area contributed by atoms with Gasteiger partial charge in [0.25, 0.3) is 0 Å². The number of hydrogen-bond donors (Lipinski definition) is 0. The minimum Gasteiger partial charge on any atom is -0.371 e. The Hall–Kier alpha value is -0.600. The third-order valence-electron chi connectivity index (χ3n) is 1.60. The number of hydrogen-bond acceptors (Lipinski definition) is 2. The molecule has 2 heteroatoms. The van der Waals surface area contributed by atoms with Gasteiger partial charge in [-0.3, -0.25) is 0 Å². The highest BCUT2D eigenvalue weighted by molar-refractivity contribution is 4.86. The van der Waals surface area contributed by atoms with Crippen molar-refractivity contribution in [3.63, 3.8) is 0 Å². The molecule has 2 unspecified atom stereocenters. The number of epoxide rings is 1. The van der Waals surface area contributed by atoms with E-state index in [1.807, 2.05) is 6.08 Å². The van der Waals surface area contributed by atoms with Crippen molar-refractivity contribution >= 4 is 0 Å². The lowest BCUT2D eigenvalue weighted by molar-refractivity contribution is 0.0540. The summed E-state index contributed by atoms with van der Waals surface area (Å²) in [4.78, 5) is 0. The first-order valence-electron chi connectivity index (χ1n) is 3.83. The highest BCUT2D eigenvalue weighted by atomic mass is 16.6. The van der Waals surface area contributed by atoms with Gasteiger partial charge in [-0.1, -0.05) is 12.2 Å². The van der Waals surface area contributed by atoms with Gasteiger partial charge in [-0.2, -0.15) is 0 Å². The standard InChI is InChI=1S/C9H14O2/c1-3-5-8(9-7-11-9)10-6-4-2/h3-4,8-9H,1-2,5-7H2. The summed E-state index contributed by atoms with van der Waals surface area (Å²) in [7, 11) is 0. The molecule has 0 bridgehead atoms. The zero-order valence-corrected chi connectivity index (χ0v) is 6.66. The van der Waals surface area contributed by atoms with Gasteiger partial charge >= 0.3 is 0 Å². The van der Waals surface area contributed by atoms with Gasteiger partial charge in [0.1, 0.15) is 6.10 Å². The van der Waals surface area contributed by atoms with E-state index in [1.165, 1.54) is 0 Å². The van der Waals surface area contributed by atoms with Crippen LogP contribution in [-0.4, -0.2) is 25.4 Å². The van der Waals surface area contributed by atoms with E-state index in [-0.39, 0.29) is 6.10 Å². The second kappa shape index (κ2) is 4.31. The molecule has 1 heterocycles. The lowest BCUT2D eigenvalue weighted by atomic mass is 10.2. The summed E-state index contributed by atoms with van der Waals surface area (Å²) in [6.45, 7) is 8.66. The Morgan fingerprint density at radius 3 is 2.73 bits per heavy atom. The summed E-state index contributed by atoms with van der Waals surface area (Å²) in [5.41, 5.74) is 0. The molecule has 11 heavy (non-hydrogen) atoms. The molecule has 62 valence electrons. The Morgan fingerprint density at radius 2 is 2.27 bits per heavy atom. The summed E-state index contributed by atoms with van der Waals surface area (Å²) < 4.78 is 10.6. The fourth-order valence-electron chi connectivity index (χ4n) is 0.953. The molecule has 0 aromatic rings. The van der Waals surface area contributed by atoms with Gasteiger partial charge in [0.05, 0.1) is 19.3 Å². The molecular formula is C9H14O2. The largest absolute Gasteiger partial charge is 0.371 e. The minimum absolute atomic E-state index is 0.186. The van der Waals surface area contributed by atoms with Crippen molar-refractivity contribution in [3.8, 4) is 0 Å². The molecule has 1 aliphatic heterocycles. The summed E-state index contributed by atoms with van der Waals surface area (Å²) in [6.07, 6.45) is 4.95. The molecule has 0 amide bonds. The van der Waals surface area contributed by atoms with E-state index in [1.54, 1.807) is 6.08 Å². The van der Waals surface area contributed by atoms with Crippen molar-refractivity contribution in [1.29, 1.82) is 0 Å². The third kappa shape index (κ3) is 2.87. The van der Waals surface area contributed by atoms with E-state index >= 15 is 0 Å². The number of rotatable bonds is 6. The van der Waals surface area contributed by atoms with Gasteiger partial charge in [0.2, 0.25) is 0 Å². The van der Waals surface area contributed by atoms with Crippen molar-refractivity contribution in [2.75, 3.05) is 13.2 Å². The van der Waals surface area contributed by atoms with Crippen LogP contribution < -0.4 is 0 Å².